The zero-order chi connectivity index (χ0) is 35.1. The molecule has 2 aromatic rings. The first-order valence-electron chi connectivity index (χ1n) is 17.1. The van der Waals surface area contributed by atoms with Gasteiger partial charge in [-0.25, -0.2) is 13.1 Å². The van der Waals surface area contributed by atoms with Crippen molar-refractivity contribution in [1.29, 1.82) is 0 Å². The summed E-state index contributed by atoms with van der Waals surface area (Å²) in [5.41, 5.74) is 1.80. The van der Waals surface area contributed by atoms with Crippen LogP contribution in [0.5, 0.6) is 5.75 Å². The number of amides is 2. The molecule has 6 atom stereocenters. The standard InChI is InChI=1S/C37H48ClN3O7S/c1-24-8-6-17-37(47-5,35(43)40(2)3)30-13-10-27(30)20-41-22-36(16-7-9-25-18-28(38)12-14-29(25)36)23-48-32-15-11-26(19-31(32)41)34(42)39-49(44,45)33(24)21-46-4/h6,11-12,14-15,17-19,24,27,30,33H,7-10,13,16,20-23H2,1-5H3,(H,39,42)/b17-6+/t24-,27-,30+,33+,36-,37-/m0/s1. The Morgan fingerprint density at radius 3 is 2.65 bits per heavy atom. The Hall–Kier alpha value is -3.12. The second-order valence-electron chi connectivity index (χ2n) is 14.5. The number of hydrogen-bond donors (Lipinski definition) is 1. The lowest BCUT2D eigenvalue weighted by Crippen LogP contribution is -2.59. The largest absolute Gasteiger partial charge is 0.490 e. The molecule has 2 heterocycles. The molecule has 2 amide bonds. The molecule has 0 aromatic heterocycles. The molecule has 6 rings (SSSR count). The lowest BCUT2D eigenvalue weighted by atomic mass is 9.63. The molecule has 49 heavy (non-hydrogen) atoms. The van der Waals surface area contributed by atoms with Gasteiger partial charge < -0.3 is 24.0 Å². The van der Waals surface area contributed by atoms with Gasteiger partial charge >= 0.3 is 0 Å². The Morgan fingerprint density at radius 1 is 1.16 bits per heavy atom. The number of halogens is 1. The summed E-state index contributed by atoms with van der Waals surface area (Å²) in [6.07, 6.45) is 8.56. The van der Waals surface area contributed by atoms with Gasteiger partial charge in [-0.1, -0.05) is 30.7 Å². The van der Waals surface area contributed by atoms with E-state index in [1.807, 2.05) is 18.2 Å². The SMILES string of the molecule is COC[C@@H]1[C@@H](C)C/C=C/[C@@](OC)(C(=O)N(C)C)[C@@H]2CC[C@H]2CN2C[C@@]3(CCCc4cc(Cl)ccc43)COc3ccc(cc32)C(=O)NS1(=O)=O. The number of ether oxygens (including phenoxy) is 3. The van der Waals surface area contributed by atoms with Crippen LogP contribution >= 0.6 is 11.6 Å². The minimum Gasteiger partial charge on any atom is -0.490 e. The van der Waals surface area contributed by atoms with E-state index in [2.05, 4.69) is 21.8 Å². The van der Waals surface area contributed by atoms with Crippen molar-refractivity contribution in [2.24, 2.45) is 17.8 Å². The fraction of sp³-hybridized carbons (Fsp3) is 0.568. The molecule has 266 valence electrons. The minimum absolute atomic E-state index is 0.0919. The van der Waals surface area contributed by atoms with Crippen molar-refractivity contribution in [2.75, 3.05) is 59.5 Å². The third-order valence-corrected chi connectivity index (χ3v) is 13.4. The molecular weight excluding hydrogens is 666 g/mol. The van der Waals surface area contributed by atoms with E-state index in [9.17, 15) is 18.0 Å². The van der Waals surface area contributed by atoms with Crippen molar-refractivity contribution < 1.29 is 32.2 Å². The monoisotopic (exact) mass is 713 g/mol. The molecule has 0 radical (unpaired) electrons. The molecule has 1 fully saturated rings. The predicted molar refractivity (Wildman–Crippen MR) is 190 cm³/mol. The number of fused-ring (bicyclic) bond motifs is 4. The number of methoxy groups -OCH3 is 2. The number of benzene rings is 2. The normalized spacial score (nSPS) is 31.6. The van der Waals surface area contributed by atoms with Crippen LogP contribution in [0.15, 0.2) is 48.6 Å². The number of anilines is 1. The number of aryl methyl sites for hydroxylation is 1. The van der Waals surface area contributed by atoms with Crippen LogP contribution in [0.4, 0.5) is 5.69 Å². The third kappa shape index (κ3) is 6.59. The number of rotatable bonds is 4. The van der Waals surface area contributed by atoms with Crippen molar-refractivity contribution in [3.05, 3.63) is 70.3 Å². The summed E-state index contributed by atoms with van der Waals surface area (Å²) in [6.45, 7) is 3.36. The van der Waals surface area contributed by atoms with E-state index in [4.69, 9.17) is 25.8 Å². The molecule has 2 bridgehead atoms. The first-order valence-corrected chi connectivity index (χ1v) is 19.1. The van der Waals surface area contributed by atoms with Gasteiger partial charge in [-0.2, -0.15) is 0 Å². The highest BCUT2D eigenvalue weighted by molar-refractivity contribution is 7.90. The second kappa shape index (κ2) is 13.9. The van der Waals surface area contributed by atoms with Crippen molar-refractivity contribution in [1.82, 2.24) is 9.62 Å². The molecular formula is C37H48ClN3O7S. The van der Waals surface area contributed by atoms with Gasteiger partial charge in [-0.05, 0) is 97.9 Å². The molecule has 0 saturated heterocycles. The molecule has 12 heteroatoms. The predicted octanol–water partition coefficient (Wildman–Crippen LogP) is 4.98. The number of nitrogens with one attached hydrogen (secondary N) is 1. The van der Waals surface area contributed by atoms with Gasteiger partial charge in [0.2, 0.25) is 10.0 Å². The number of nitrogens with zero attached hydrogens (tertiary/aromatic N) is 2. The van der Waals surface area contributed by atoms with E-state index < -0.39 is 32.7 Å². The van der Waals surface area contributed by atoms with Gasteiger partial charge in [0.1, 0.15) is 11.0 Å². The van der Waals surface area contributed by atoms with Gasteiger partial charge in [0.25, 0.3) is 11.8 Å². The van der Waals surface area contributed by atoms with Gasteiger partial charge in [0.05, 0.1) is 18.9 Å². The summed E-state index contributed by atoms with van der Waals surface area (Å²) in [6, 6.07) is 11.2. The molecule has 1 saturated carbocycles. The third-order valence-electron chi connectivity index (χ3n) is 11.3. The number of allylic oxidation sites excluding steroid dienone is 1. The van der Waals surface area contributed by atoms with Crippen molar-refractivity contribution in [3.63, 3.8) is 0 Å². The Bertz CT molecular complexity index is 1730. The minimum atomic E-state index is -4.15. The maximum absolute atomic E-state index is 14.0. The van der Waals surface area contributed by atoms with E-state index in [1.165, 1.54) is 18.2 Å². The quantitative estimate of drug-likeness (QED) is 0.442. The fourth-order valence-corrected chi connectivity index (χ4v) is 10.3. The summed E-state index contributed by atoms with van der Waals surface area (Å²) >= 11 is 6.44. The summed E-state index contributed by atoms with van der Waals surface area (Å²) in [5.74, 6) is -0.697. The smallest absolute Gasteiger partial charge is 0.264 e. The van der Waals surface area contributed by atoms with Crippen LogP contribution in [0, 0.1) is 17.8 Å². The Morgan fingerprint density at radius 2 is 1.96 bits per heavy atom. The van der Waals surface area contributed by atoms with Crippen LogP contribution in [0.1, 0.15) is 60.5 Å². The molecule has 0 unspecified atom stereocenters. The van der Waals surface area contributed by atoms with Gasteiger partial charge in [-0.3, -0.25) is 9.59 Å². The van der Waals surface area contributed by atoms with Crippen LogP contribution < -0.4 is 14.4 Å². The van der Waals surface area contributed by atoms with E-state index >= 15 is 0 Å². The number of carbonyl (C=O) groups is 2. The number of sulfonamides is 1. The average molecular weight is 714 g/mol. The fourth-order valence-electron chi connectivity index (χ4n) is 8.50. The lowest BCUT2D eigenvalue weighted by molar-refractivity contribution is -0.160. The molecule has 10 nitrogen and oxygen atoms in total. The van der Waals surface area contributed by atoms with E-state index in [1.54, 1.807) is 51.2 Å². The Kier molecular flexibility index (Phi) is 10.1. The highest BCUT2D eigenvalue weighted by Crippen LogP contribution is 2.49. The van der Waals surface area contributed by atoms with E-state index in [0.717, 1.165) is 37.8 Å². The van der Waals surface area contributed by atoms with E-state index in [0.29, 0.717) is 36.9 Å². The van der Waals surface area contributed by atoms with Crippen LogP contribution in [0.2, 0.25) is 5.02 Å². The molecule has 4 aliphatic rings. The molecule has 1 spiro atoms. The van der Waals surface area contributed by atoms with E-state index in [-0.39, 0.29) is 35.3 Å². The molecule has 2 aliphatic heterocycles. The molecule has 2 aliphatic carbocycles. The van der Waals surface area contributed by atoms with Crippen molar-refractivity contribution in [2.45, 2.75) is 61.7 Å². The average Bonchev–Trinajstić information content (AvgIpc) is 3.20. The zero-order valence-corrected chi connectivity index (χ0v) is 30.6. The van der Waals surface area contributed by atoms with Gasteiger partial charge in [0, 0.05) is 63.3 Å². The van der Waals surface area contributed by atoms with Crippen molar-refractivity contribution >= 4 is 39.1 Å². The summed E-state index contributed by atoms with van der Waals surface area (Å²) in [4.78, 5) is 31.6. The summed E-state index contributed by atoms with van der Waals surface area (Å²) in [7, 11) is 2.33. The maximum Gasteiger partial charge on any atom is 0.264 e. The Balaban J connectivity index is 1.49. The van der Waals surface area contributed by atoms with Crippen molar-refractivity contribution in [3.8, 4) is 5.75 Å². The van der Waals surface area contributed by atoms with Crippen LogP contribution in [0.25, 0.3) is 0 Å². The van der Waals surface area contributed by atoms with Gasteiger partial charge in [-0.15, -0.1) is 0 Å². The van der Waals surface area contributed by atoms with Crippen LogP contribution in [-0.4, -0.2) is 90.6 Å². The summed E-state index contributed by atoms with van der Waals surface area (Å²) in [5, 5.41) is -0.310. The summed E-state index contributed by atoms with van der Waals surface area (Å²) < 4.78 is 47.9. The molecule has 2 aromatic carbocycles. The maximum atomic E-state index is 14.0. The molecule has 1 N–H and O–H groups in total. The van der Waals surface area contributed by atoms with Crippen LogP contribution in [0.3, 0.4) is 0 Å². The topological polar surface area (TPSA) is 114 Å². The Labute approximate surface area is 295 Å². The lowest BCUT2D eigenvalue weighted by Gasteiger charge is -2.50. The number of hydrogen-bond acceptors (Lipinski definition) is 8. The number of likely N-dealkylation sites (N-methyl/N-ethyl adjacent to an activating group) is 1. The van der Waals surface area contributed by atoms with Gasteiger partial charge in [0.15, 0.2) is 5.60 Å². The first-order chi connectivity index (χ1) is 23.3. The second-order valence-corrected chi connectivity index (χ2v) is 16.8. The highest BCUT2D eigenvalue weighted by atomic mass is 35.5. The first kappa shape index (κ1) is 35.7. The zero-order valence-electron chi connectivity index (χ0n) is 29.0. The number of carbonyl (C=O) groups excluding carboxylic acids is 2. The van der Waals surface area contributed by atoms with Crippen LogP contribution in [-0.2, 0) is 36.1 Å². The highest BCUT2D eigenvalue weighted by Gasteiger charge is 2.53.